The third-order valence-electron chi connectivity index (χ3n) is 5.55. The molecule has 0 bridgehead atoms. The number of nitrogens with zero attached hydrogens (tertiary/aromatic N) is 1. The summed E-state index contributed by atoms with van der Waals surface area (Å²) in [6.07, 6.45) is 1.71. The van der Waals surface area contributed by atoms with Gasteiger partial charge in [0.2, 0.25) is 0 Å². The number of hydrogen-bond acceptors (Lipinski definition) is 4. The summed E-state index contributed by atoms with van der Waals surface area (Å²) in [5.74, 6) is -1.16. The van der Waals surface area contributed by atoms with Gasteiger partial charge in [-0.2, -0.15) is 0 Å². The number of hydrogen-bond donors (Lipinski definition) is 1. The van der Waals surface area contributed by atoms with Crippen molar-refractivity contribution in [2.75, 3.05) is 19.8 Å². The predicted molar refractivity (Wildman–Crippen MR) is 91.0 cm³/mol. The van der Waals surface area contributed by atoms with Crippen molar-refractivity contribution >= 4 is 12.1 Å². The average molecular weight is 347 g/mol. The molecule has 2 fully saturated rings. The van der Waals surface area contributed by atoms with Crippen LogP contribution in [0.4, 0.5) is 4.79 Å². The Labute approximate surface area is 147 Å². The molecule has 1 N–H and O–H groups in total. The van der Waals surface area contributed by atoms with Crippen molar-refractivity contribution in [1.82, 2.24) is 4.90 Å². The van der Waals surface area contributed by atoms with E-state index in [4.69, 9.17) is 9.47 Å². The van der Waals surface area contributed by atoms with Crippen molar-refractivity contribution in [1.29, 1.82) is 0 Å². The lowest BCUT2D eigenvalue weighted by Gasteiger charge is -2.42. The highest BCUT2D eigenvalue weighted by atomic mass is 16.6. The Balaban J connectivity index is 1.73. The largest absolute Gasteiger partial charge is 0.481 e. The van der Waals surface area contributed by atoms with Gasteiger partial charge in [-0.1, -0.05) is 30.3 Å². The quantitative estimate of drug-likeness (QED) is 0.906. The van der Waals surface area contributed by atoms with Gasteiger partial charge in [0, 0.05) is 25.3 Å². The molecule has 1 amide bonds. The smallest absolute Gasteiger partial charge is 0.410 e. The van der Waals surface area contributed by atoms with E-state index in [9.17, 15) is 14.7 Å². The van der Waals surface area contributed by atoms with Crippen LogP contribution in [0.1, 0.15) is 31.7 Å². The van der Waals surface area contributed by atoms with Gasteiger partial charge in [-0.25, -0.2) is 4.79 Å². The zero-order valence-corrected chi connectivity index (χ0v) is 14.5. The summed E-state index contributed by atoms with van der Waals surface area (Å²) in [6.45, 7) is 3.71. The van der Waals surface area contributed by atoms with Crippen LogP contribution in [0.2, 0.25) is 0 Å². The van der Waals surface area contributed by atoms with Crippen LogP contribution in [0.5, 0.6) is 0 Å². The van der Waals surface area contributed by atoms with Crippen molar-refractivity contribution in [3.8, 4) is 0 Å². The predicted octanol–water partition coefficient (Wildman–Crippen LogP) is 2.92. The molecule has 0 saturated carbocycles. The van der Waals surface area contributed by atoms with Crippen LogP contribution in [-0.4, -0.2) is 47.4 Å². The van der Waals surface area contributed by atoms with Crippen molar-refractivity contribution in [2.24, 2.45) is 11.8 Å². The number of carbonyl (C=O) groups is 2. The van der Waals surface area contributed by atoms with Gasteiger partial charge >= 0.3 is 12.1 Å². The maximum atomic E-state index is 12.7. The molecule has 0 aromatic heterocycles. The Kier molecular flexibility index (Phi) is 5.27. The van der Waals surface area contributed by atoms with E-state index in [1.165, 1.54) is 0 Å². The first-order valence-electron chi connectivity index (χ1n) is 8.79. The molecule has 1 aromatic rings. The molecule has 2 aliphatic heterocycles. The molecule has 2 saturated heterocycles. The highest BCUT2D eigenvalue weighted by Gasteiger charge is 2.52. The van der Waals surface area contributed by atoms with E-state index in [-0.39, 0.29) is 19.1 Å². The Morgan fingerprint density at radius 2 is 1.96 bits per heavy atom. The summed E-state index contributed by atoms with van der Waals surface area (Å²) in [6, 6.07) is 9.49. The molecular weight excluding hydrogens is 322 g/mol. The molecule has 25 heavy (non-hydrogen) atoms. The lowest BCUT2D eigenvalue weighted by atomic mass is 9.77. The second-order valence-electron chi connectivity index (χ2n) is 7.13. The van der Waals surface area contributed by atoms with Gasteiger partial charge in [0.15, 0.2) is 0 Å². The van der Waals surface area contributed by atoms with Gasteiger partial charge in [0.25, 0.3) is 0 Å². The molecule has 0 radical (unpaired) electrons. The molecule has 2 unspecified atom stereocenters. The molecule has 136 valence electrons. The molecule has 2 atom stereocenters. The van der Waals surface area contributed by atoms with E-state index in [0.29, 0.717) is 19.6 Å². The first kappa shape index (κ1) is 17.7. The minimum Gasteiger partial charge on any atom is -0.481 e. The van der Waals surface area contributed by atoms with Crippen LogP contribution in [0.3, 0.4) is 0 Å². The highest BCUT2D eigenvalue weighted by Crippen LogP contribution is 2.43. The normalized spacial score (nSPS) is 27.2. The van der Waals surface area contributed by atoms with Crippen LogP contribution in [0.15, 0.2) is 30.3 Å². The number of amides is 1. The number of ether oxygens (including phenoxy) is 2. The SMILES string of the molecule is CC1(C2CCOCC2)CC(C(=O)O)CN1C(=O)OCc1ccccc1. The van der Waals surface area contributed by atoms with Crippen LogP contribution >= 0.6 is 0 Å². The minimum absolute atomic E-state index is 0.192. The fourth-order valence-corrected chi connectivity index (χ4v) is 4.05. The summed E-state index contributed by atoms with van der Waals surface area (Å²) in [5.41, 5.74) is 0.415. The molecular formula is C19H25NO5. The lowest BCUT2D eigenvalue weighted by Crippen LogP contribution is -2.51. The third-order valence-corrected chi connectivity index (χ3v) is 5.55. The minimum atomic E-state index is -0.850. The molecule has 2 heterocycles. The fraction of sp³-hybridized carbons (Fsp3) is 0.579. The number of likely N-dealkylation sites (tertiary alicyclic amines) is 1. The standard InChI is InChI=1S/C19H25NO5/c1-19(16-7-9-24-10-8-16)11-15(17(21)22)12-20(19)18(23)25-13-14-5-3-2-4-6-14/h2-6,15-16H,7-13H2,1H3,(H,21,22). The van der Waals surface area contributed by atoms with Crippen LogP contribution in [-0.2, 0) is 20.9 Å². The number of carbonyl (C=O) groups excluding carboxylic acids is 1. The van der Waals surface area contributed by atoms with E-state index in [1.807, 2.05) is 37.3 Å². The lowest BCUT2D eigenvalue weighted by molar-refractivity contribution is -0.141. The van der Waals surface area contributed by atoms with Crippen molar-refractivity contribution in [3.05, 3.63) is 35.9 Å². The van der Waals surface area contributed by atoms with Gasteiger partial charge < -0.3 is 19.5 Å². The Morgan fingerprint density at radius 3 is 2.60 bits per heavy atom. The molecule has 3 rings (SSSR count). The van der Waals surface area contributed by atoms with E-state index < -0.39 is 23.5 Å². The zero-order valence-electron chi connectivity index (χ0n) is 14.5. The Bertz CT molecular complexity index is 614. The number of carboxylic acid groups (broad SMARTS) is 1. The molecule has 6 heteroatoms. The zero-order chi connectivity index (χ0) is 17.9. The molecule has 0 aliphatic carbocycles. The number of benzene rings is 1. The van der Waals surface area contributed by atoms with E-state index >= 15 is 0 Å². The number of carboxylic acids is 1. The summed E-state index contributed by atoms with van der Waals surface area (Å²) >= 11 is 0. The maximum absolute atomic E-state index is 12.7. The van der Waals surface area contributed by atoms with Crippen LogP contribution in [0, 0.1) is 11.8 Å². The highest BCUT2D eigenvalue weighted by molar-refractivity contribution is 5.75. The van der Waals surface area contributed by atoms with Crippen molar-refractivity contribution in [2.45, 2.75) is 38.3 Å². The summed E-state index contributed by atoms with van der Waals surface area (Å²) in [5, 5.41) is 9.45. The van der Waals surface area contributed by atoms with Crippen LogP contribution < -0.4 is 0 Å². The fourth-order valence-electron chi connectivity index (χ4n) is 4.05. The first-order valence-corrected chi connectivity index (χ1v) is 8.79. The molecule has 0 spiro atoms. The van der Waals surface area contributed by atoms with Gasteiger partial charge in [0.05, 0.1) is 5.92 Å². The second-order valence-corrected chi connectivity index (χ2v) is 7.13. The molecule has 2 aliphatic rings. The van der Waals surface area contributed by atoms with E-state index in [1.54, 1.807) is 4.90 Å². The second kappa shape index (κ2) is 7.44. The maximum Gasteiger partial charge on any atom is 0.410 e. The first-order chi connectivity index (χ1) is 12.0. The summed E-state index contributed by atoms with van der Waals surface area (Å²) < 4.78 is 10.9. The Morgan fingerprint density at radius 1 is 1.28 bits per heavy atom. The number of rotatable bonds is 4. The molecule has 6 nitrogen and oxygen atoms in total. The van der Waals surface area contributed by atoms with Gasteiger partial charge in [-0.05, 0) is 37.7 Å². The summed E-state index contributed by atoms with van der Waals surface area (Å²) in [4.78, 5) is 25.9. The summed E-state index contributed by atoms with van der Waals surface area (Å²) in [7, 11) is 0. The van der Waals surface area contributed by atoms with E-state index in [0.717, 1.165) is 18.4 Å². The average Bonchev–Trinajstić information content (AvgIpc) is 3.01. The van der Waals surface area contributed by atoms with Crippen LogP contribution in [0.25, 0.3) is 0 Å². The van der Waals surface area contributed by atoms with Gasteiger partial charge in [-0.3, -0.25) is 4.79 Å². The Hall–Kier alpha value is -2.08. The third kappa shape index (κ3) is 3.79. The number of aliphatic carboxylic acids is 1. The van der Waals surface area contributed by atoms with Gasteiger partial charge in [-0.15, -0.1) is 0 Å². The van der Waals surface area contributed by atoms with Crippen molar-refractivity contribution in [3.63, 3.8) is 0 Å². The van der Waals surface area contributed by atoms with Crippen molar-refractivity contribution < 1.29 is 24.2 Å². The monoisotopic (exact) mass is 347 g/mol. The molecule has 1 aromatic carbocycles. The topological polar surface area (TPSA) is 76.1 Å². The van der Waals surface area contributed by atoms with Gasteiger partial charge in [0.1, 0.15) is 6.61 Å². The van der Waals surface area contributed by atoms with E-state index in [2.05, 4.69) is 0 Å².